The number of nitrogens with two attached hydrogens (primary N) is 1. The molecule has 3 heteroatoms. The lowest BCUT2D eigenvalue weighted by Crippen LogP contribution is -2.07. The molecule has 0 spiro atoms. The first-order valence-electron chi connectivity index (χ1n) is 6.59. The van der Waals surface area contributed by atoms with Gasteiger partial charge in [-0.15, -0.1) is 0 Å². The van der Waals surface area contributed by atoms with E-state index in [2.05, 4.69) is 40.3 Å². The molecule has 1 heterocycles. The molecule has 1 aliphatic rings. The minimum atomic E-state index is -0.0502. The van der Waals surface area contributed by atoms with E-state index in [1.165, 1.54) is 22.3 Å². The van der Waals surface area contributed by atoms with E-state index in [0.717, 1.165) is 11.1 Å². The summed E-state index contributed by atoms with van der Waals surface area (Å²) in [6.45, 7) is 0. The molecule has 2 aromatic carbocycles. The largest absolute Gasteiger partial charge is 0.320 e. The van der Waals surface area contributed by atoms with E-state index in [1.807, 2.05) is 24.5 Å². The first-order chi connectivity index (χ1) is 9.86. The lowest BCUT2D eigenvalue weighted by Gasteiger charge is -2.09. The van der Waals surface area contributed by atoms with Crippen molar-refractivity contribution < 1.29 is 0 Å². The first-order valence-corrected chi connectivity index (χ1v) is 6.59. The Bertz CT molecular complexity index is 781. The van der Waals surface area contributed by atoms with Crippen LogP contribution in [0.4, 0.5) is 0 Å². The van der Waals surface area contributed by atoms with Crippen molar-refractivity contribution in [2.75, 3.05) is 0 Å². The summed E-state index contributed by atoms with van der Waals surface area (Å²) in [4.78, 5) is 8.24. The Balaban J connectivity index is 2.04. The normalized spacial score (nSPS) is 15.8. The van der Waals surface area contributed by atoms with E-state index in [9.17, 15) is 0 Å². The number of hydrogen-bond donors (Lipinski definition) is 1. The zero-order valence-corrected chi connectivity index (χ0v) is 10.8. The molecule has 0 bridgehead atoms. The molecular weight excluding hydrogens is 246 g/mol. The van der Waals surface area contributed by atoms with Gasteiger partial charge in [0.05, 0.1) is 6.04 Å². The minimum Gasteiger partial charge on any atom is -0.320 e. The Morgan fingerprint density at radius 3 is 2.35 bits per heavy atom. The lowest BCUT2D eigenvalue weighted by atomic mass is 9.96. The predicted octanol–water partition coefficient (Wildman–Crippen LogP) is 3.17. The molecule has 1 aliphatic carbocycles. The van der Waals surface area contributed by atoms with Crippen LogP contribution in [0.3, 0.4) is 0 Å². The van der Waals surface area contributed by atoms with Crippen molar-refractivity contribution in [3.63, 3.8) is 0 Å². The van der Waals surface area contributed by atoms with Crippen LogP contribution in [0.25, 0.3) is 22.3 Å². The molecule has 0 fully saturated rings. The maximum atomic E-state index is 6.37. The van der Waals surface area contributed by atoms with E-state index < -0.39 is 0 Å². The molecule has 0 saturated carbocycles. The predicted molar refractivity (Wildman–Crippen MR) is 78.9 cm³/mol. The number of rotatable bonds is 1. The topological polar surface area (TPSA) is 51.8 Å². The van der Waals surface area contributed by atoms with Crippen molar-refractivity contribution in [1.82, 2.24) is 9.97 Å². The number of hydrogen-bond acceptors (Lipinski definition) is 3. The van der Waals surface area contributed by atoms with Gasteiger partial charge < -0.3 is 5.73 Å². The van der Waals surface area contributed by atoms with Crippen LogP contribution < -0.4 is 5.73 Å². The second-order valence-corrected chi connectivity index (χ2v) is 4.96. The van der Waals surface area contributed by atoms with Crippen molar-refractivity contribution in [3.05, 3.63) is 72.3 Å². The van der Waals surface area contributed by atoms with E-state index in [1.54, 1.807) is 6.33 Å². The van der Waals surface area contributed by atoms with E-state index in [-0.39, 0.29) is 6.04 Å². The highest BCUT2D eigenvalue weighted by molar-refractivity contribution is 5.90. The summed E-state index contributed by atoms with van der Waals surface area (Å²) in [5.41, 5.74) is 13.3. The summed E-state index contributed by atoms with van der Waals surface area (Å²) >= 11 is 0. The zero-order chi connectivity index (χ0) is 13.5. The maximum absolute atomic E-state index is 6.37. The molecule has 2 N–H and O–H groups in total. The average Bonchev–Trinajstić information content (AvgIpc) is 2.82. The van der Waals surface area contributed by atoms with Crippen molar-refractivity contribution in [1.29, 1.82) is 0 Å². The van der Waals surface area contributed by atoms with Gasteiger partial charge in [0.2, 0.25) is 0 Å². The Labute approximate surface area is 117 Å². The van der Waals surface area contributed by atoms with Gasteiger partial charge in [0.15, 0.2) is 0 Å². The highest BCUT2D eigenvalue weighted by Gasteiger charge is 2.27. The number of fused-ring (bicyclic) bond motifs is 3. The smallest absolute Gasteiger partial charge is 0.115 e. The molecule has 96 valence electrons. The van der Waals surface area contributed by atoms with Gasteiger partial charge in [-0.2, -0.15) is 0 Å². The molecule has 0 radical (unpaired) electrons. The van der Waals surface area contributed by atoms with E-state index in [4.69, 9.17) is 5.73 Å². The fraction of sp³-hybridized carbons (Fsp3) is 0.0588. The van der Waals surface area contributed by atoms with Crippen LogP contribution >= 0.6 is 0 Å². The Morgan fingerprint density at radius 1 is 0.800 bits per heavy atom. The second kappa shape index (κ2) is 4.25. The quantitative estimate of drug-likeness (QED) is 0.730. The van der Waals surface area contributed by atoms with Crippen LogP contribution in [-0.2, 0) is 0 Å². The minimum absolute atomic E-state index is 0.0502. The molecule has 0 amide bonds. The molecular formula is C17H13N3. The van der Waals surface area contributed by atoms with Crippen LogP contribution in [0.5, 0.6) is 0 Å². The van der Waals surface area contributed by atoms with Gasteiger partial charge in [0.25, 0.3) is 0 Å². The SMILES string of the molecule is NC1c2ccccc2-c2c(-c3cncnc3)cccc21. The third-order valence-electron chi connectivity index (χ3n) is 3.87. The molecule has 1 unspecified atom stereocenters. The highest BCUT2D eigenvalue weighted by Crippen LogP contribution is 2.46. The number of benzene rings is 2. The van der Waals surface area contributed by atoms with Crippen LogP contribution in [0, 0.1) is 0 Å². The van der Waals surface area contributed by atoms with Crippen LogP contribution in [-0.4, -0.2) is 9.97 Å². The zero-order valence-electron chi connectivity index (χ0n) is 10.8. The third kappa shape index (κ3) is 1.50. The highest BCUT2D eigenvalue weighted by atomic mass is 14.8. The molecule has 20 heavy (non-hydrogen) atoms. The lowest BCUT2D eigenvalue weighted by molar-refractivity contribution is 0.901. The van der Waals surface area contributed by atoms with Gasteiger partial charge in [-0.05, 0) is 27.8 Å². The Hall–Kier alpha value is -2.52. The molecule has 1 atom stereocenters. The summed E-state index contributed by atoms with van der Waals surface area (Å²) in [6, 6.07) is 14.5. The Kier molecular flexibility index (Phi) is 2.41. The molecule has 3 aromatic rings. The fourth-order valence-corrected chi connectivity index (χ4v) is 2.97. The van der Waals surface area contributed by atoms with Crippen LogP contribution in [0.1, 0.15) is 17.2 Å². The van der Waals surface area contributed by atoms with E-state index >= 15 is 0 Å². The third-order valence-corrected chi connectivity index (χ3v) is 3.87. The summed E-state index contributed by atoms with van der Waals surface area (Å²) in [6.07, 6.45) is 5.23. The summed E-state index contributed by atoms with van der Waals surface area (Å²) < 4.78 is 0. The molecule has 3 nitrogen and oxygen atoms in total. The van der Waals surface area contributed by atoms with Crippen molar-refractivity contribution in [2.45, 2.75) is 6.04 Å². The first kappa shape index (κ1) is 11.3. The van der Waals surface area contributed by atoms with E-state index in [0.29, 0.717) is 0 Å². The van der Waals surface area contributed by atoms with Crippen molar-refractivity contribution >= 4 is 0 Å². The monoisotopic (exact) mass is 259 g/mol. The van der Waals surface area contributed by atoms with Gasteiger partial charge in [0, 0.05) is 18.0 Å². The van der Waals surface area contributed by atoms with Gasteiger partial charge in [0.1, 0.15) is 6.33 Å². The number of nitrogens with zero attached hydrogens (tertiary/aromatic N) is 2. The van der Waals surface area contributed by atoms with Gasteiger partial charge in [-0.3, -0.25) is 0 Å². The average molecular weight is 259 g/mol. The van der Waals surface area contributed by atoms with Crippen molar-refractivity contribution in [2.24, 2.45) is 5.73 Å². The Morgan fingerprint density at radius 2 is 1.50 bits per heavy atom. The van der Waals surface area contributed by atoms with Crippen molar-refractivity contribution in [3.8, 4) is 22.3 Å². The summed E-state index contributed by atoms with van der Waals surface area (Å²) in [5, 5.41) is 0. The van der Waals surface area contributed by atoms with Gasteiger partial charge in [-0.1, -0.05) is 42.5 Å². The maximum Gasteiger partial charge on any atom is 0.115 e. The molecule has 0 aliphatic heterocycles. The molecule has 1 aromatic heterocycles. The van der Waals surface area contributed by atoms with Crippen LogP contribution in [0.2, 0.25) is 0 Å². The van der Waals surface area contributed by atoms with Gasteiger partial charge in [-0.25, -0.2) is 9.97 Å². The number of aromatic nitrogens is 2. The standard InChI is InChI=1S/C17H13N3/c18-17-14-5-2-1-4-13(14)16-12(6-3-7-15(16)17)11-8-19-10-20-9-11/h1-10,17H,18H2. The second-order valence-electron chi connectivity index (χ2n) is 4.96. The van der Waals surface area contributed by atoms with Crippen LogP contribution in [0.15, 0.2) is 61.2 Å². The summed E-state index contributed by atoms with van der Waals surface area (Å²) in [7, 11) is 0. The molecule has 4 rings (SSSR count). The van der Waals surface area contributed by atoms with Gasteiger partial charge >= 0.3 is 0 Å². The molecule has 0 saturated heterocycles. The summed E-state index contributed by atoms with van der Waals surface area (Å²) in [5.74, 6) is 0. The fourth-order valence-electron chi connectivity index (χ4n) is 2.97.